The maximum atomic E-state index is 13.0. The van der Waals surface area contributed by atoms with Crippen molar-refractivity contribution in [2.45, 2.75) is 13.0 Å². The highest BCUT2D eigenvalue weighted by molar-refractivity contribution is 5.93. The second kappa shape index (κ2) is 8.15. The SMILES string of the molecule is C=CCOCC(NC(=O)c1nc(C)n(-c2ccc(F)cc2)n1)C(=O)O. The second-order valence-corrected chi connectivity index (χ2v) is 5.06. The minimum absolute atomic E-state index is 0.163. The molecule has 0 aliphatic rings. The molecule has 8 nitrogen and oxygen atoms in total. The summed E-state index contributed by atoms with van der Waals surface area (Å²) in [6.45, 7) is 5.02. The van der Waals surface area contributed by atoms with Crippen LogP contribution in [0.4, 0.5) is 4.39 Å². The van der Waals surface area contributed by atoms with Crippen LogP contribution >= 0.6 is 0 Å². The molecule has 9 heteroatoms. The van der Waals surface area contributed by atoms with E-state index in [1.54, 1.807) is 6.92 Å². The molecule has 0 aliphatic carbocycles. The molecule has 1 amide bonds. The topological polar surface area (TPSA) is 106 Å². The van der Waals surface area contributed by atoms with Gasteiger partial charge in [0, 0.05) is 0 Å². The van der Waals surface area contributed by atoms with Crippen molar-refractivity contribution in [2.75, 3.05) is 13.2 Å². The lowest BCUT2D eigenvalue weighted by Crippen LogP contribution is -2.44. The third kappa shape index (κ3) is 4.70. The van der Waals surface area contributed by atoms with Crippen LogP contribution in [0.1, 0.15) is 16.4 Å². The summed E-state index contributed by atoms with van der Waals surface area (Å²) in [5, 5.41) is 15.5. The zero-order chi connectivity index (χ0) is 18.4. The molecule has 0 saturated heterocycles. The molecule has 0 bridgehead atoms. The normalized spacial score (nSPS) is 11.8. The highest BCUT2D eigenvalue weighted by atomic mass is 19.1. The quantitative estimate of drug-likeness (QED) is 0.547. The summed E-state index contributed by atoms with van der Waals surface area (Å²) < 4.78 is 19.4. The molecule has 2 rings (SSSR count). The van der Waals surface area contributed by atoms with E-state index in [2.05, 4.69) is 22.0 Å². The number of aryl methyl sites for hydroxylation is 1. The van der Waals surface area contributed by atoms with Gasteiger partial charge in [0.1, 0.15) is 11.6 Å². The molecule has 132 valence electrons. The number of carbonyl (C=O) groups excluding carboxylic acids is 1. The van der Waals surface area contributed by atoms with Gasteiger partial charge in [0.2, 0.25) is 5.82 Å². The lowest BCUT2D eigenvalue weighted by Gasteiger charge is -2.12. The summed E-state index contributed by atoms with van der Waals surface area (Å²) in [7, 11) is 0. The average Bonchev–Trinajstić information content (AvgIpc) is 2.96. The largest absolute Gasteiger partial charge is 0.480 e. The fourth-order valence-corrected chi connectivity index (χ4v) is 1.98. The zero-order valence-electron chi connectivity index (χ0n) is 13.5. The van der Waals surface area contributed by atoms with Crippen LogP contribution in [0.5, 0.6) is 0 Å². The van der Waals surface area contributed by atoms with Gasteiger partial charge in [0.05, 0.1) is 18.9 Å². The third-order valence-corrected chi connectivity index (χ3v) is 3.17. The summed E-state index contributed by atoms with van der Waals surface area (Å²) in [4.78, 5) is 27.4. The van der Waals surface area contributed by atoms with Gasteiger partial charge in [0.15, 0.2) is 6.04 Å². The fraction of sp³-hybridized carbons (Fsp3) is 0.250. The number of aliphatic carboxylic acids is 1. The lowest BCUT2D eigenvalue weighted by molar-refractivity contribution is -0.140. The number of hydrogen-bond acceptors (Lipinski definition) is 5. The molecule has 1 aromatic carbocycles. The molecule has 0 spiro atoms. The van der Waals surface area contributed by atoms with E-state index in [0.29, 0.717) is 11.5 Å². The van der Waals surface area contributed by atoms with E-state index in [1.165, 1.54) is 35.0 Å². The molecule has 2 aromatic rings. The number of ether oxygens (including phenoxy) is 1. The summed E-state index contributed by atoms with van der Waals surface area (Å²) in [5.41, 5.74) is 0.523. The highest BCUT2D eigenvalue weighted by Gasteiger charge is 2.23. The molecule has 0 fully saturated rings. The number of nitrogens with zero attached hydrogens (tertiary/aromatic N) is 3. The standard InChI is InChI=1S/C16H17FN4O4/c1-3-8-25-9-13(16(23)24)19-15(22)14-18-10(2)21(20-14)12-6-4-11(17)5-7-12/h3-7,13H,1,8-9H2,2H3,(H,19,22)(H,23,24). The first-order valence-corrected chi connectivity index (χ1v) is 7.34. The zero-order valence-corrected chi connectivity index (χ0v) is 13.5. The van der Waals surface area contributed by atoms with E-state index >= 15 is 0 Å². The molecular formula is C16H17FN4O4. The van der Waals surface area contributed by atoms with Crippen LogP contribution in [0.25, 0.3) is 5.69 Å². The fourth-order valence-electron chi connectivity index (χ4n) is 1.98. The van der Waals surface area contributed by atoms with Crippen LogP contribution in [-0.2, 0) is 9.53 Å². The van der Waals surface area contributed by atoms with Crippen molar-refractivity contribution >= 4 is 11.9 Å². The molecule has 0 radical (unpaired) electrons. The Morgan fingerprint density at radius 2 is 2.12 bits per heavy atom. The predicted octanol–water partition coefficient (Wildman–Crippen LogP) is 1.10. The van der Waals surface area contributed by atoms with Crippen LogP contribution < -0.4 is 5.32 Å². The van der Waals surface area contributed by atoms with Crippen molar-refractivity contribution in [3.8, 4) is 5.69 Å². The minimum Gasteiger partial charge on any atom is -0.480 e. The van der Waals surface area contributed by atoms with Crippen molar-refractivity contribution in [3.05, 3.63) is 54.4 Å². The van der Waals surface area contributed by atoms with Crippen LogP contribution in [-0.4, -0.2) is 51.0 Å². The van der Waals surface area contributed by atoms with Gasteiger partial charge in [-0.1, -0.05) is 6.08 Å². The Balaban J connectivity index is 2.13. The van der Waals surface area contributed by atoms with E-state index in [0.717, 1.165) is 0 Å². The number of hydrogen-bond donors (Lipinski definition) is 2. The van der Waals surface area contributed by atoms with Gasteiger partial charge in [-0.15, -0.1) is 11.7 Å². The first kappa shape index (κ1) is 18.3. The van der Waals surface area contributed by atoms with Gasteiger partial charge in [-0.05, 0) is 31.2 Å². The Morgan fingerprint density at radius 1 is 1.44 bits per heavy atom. The van der Waals surface area contributed by atoms with Crippen molar-refractivity contribution in [1.29, 1.82) is 0 Å². The number of benzene rings is 1. The molecule has 0 saturated carbocycles. The van der Waals surface area contributed by atoms with Crippen molar-refractivity contribution in [1.82, 2.24) is 20.1 Å². The number of aromatic nitrogens is 3. The number of amides is 1. The maximum absolute atomic E-state index is 13.0. The molecule has 25 heavy (non-hydrogen) atoms. The monoisotopic (exact) mass is 348 g/mol. The Labute approximate surface area is 142 Å². The summed E-state index contributed by atoms with van der Waals surface area (Å²) in [6.07, 6.45) is 1.47. The number of carboxylic acid groups (broad SMARTS) is 1. The molecule has 1 heterocycles. The van der Waals surface area contributed by atoms with E-state index in [-0.39, 0.29) is 19.0 Å². The number of rotatable bonds is 8. The number of halogens is 1. The predicted molar refractivity (Wildman–Crippen MR) is 86.0 cm³/mol. The van der Waals surface area contributed by atoms with Crippen molar-refractivity contribution in [3.63, 3.8) is 0 Å². The van der Waals surface area contributed by atoms with Gasteiger partial charge in [0.25, 0.3) is 5.91 Å². The Hall–Kier alpha value is -3.07. The van der Waals surface area contributed by atoms with Crippen LogP contribution in [0.2, 0.25) is 0 Å². The number of nitrogens with one attached hydrogen (secondary N) is 1. The number of carboxylic acids is 1. The van der Waals surface area contributed by atoms with Gasteiger partial charge < -0.3 is 15.2 Å². The van der Waals surface area contributed by atoms with Gasteiger partial charge in [-0.3, -0.25) is 4.79 Å². The van der Waals surface area contributed by atoms with E-state index < -0.39 is 23.7 Å². The Morgan fingerprint density at radius 3 is 2.72 bits per heavy atom. The van der Waals surface area contributed by atoms with Crippen molar-refractivity contribution in [2.24, 2.45) is 0 Å². The average molecular weight is 348 g/mol. The van der Waals surface area contributed by atoms with Crippen LogP contribution in [0.15, 0.2) is 36.9 Å². The van der Waals surface area contributed by atoms with E-state index in [1.807, 2.05) is 0 Å². The molecule has 1 unspecified atom stereocenters. The molecule has 2 N–H and O–H groups in total. The third-order valence-electron chi connectivity index (χ3n) is 3.17. The Bertz CT molecular complexity index is 773. The summed E-state index contributed by atoms with van der Waals surface area (Å²) >= 11 is 0. The van der Waals surface area contributed by atoms with E-state index in [4.69, 9.17) is 9.84 Å². The van der Waals surface area contributed by atoms with Crippen molar-refractivity contribution < 1.29 is 23.8 Å². The number of carbonyl (C=O) groups is 2. The summed E-state index contributed by atoms with van der Waals surface area (Å²) in [5.74, 6) is -2.20. The highest BCUT2D eigenvalue weighted by Crippen LogP contribution is 2.10. The van der Waals surface area contributed by atoms with Crippen LogP contribution in [0.3, 0.4) is 0 Å². The smallest absolute Gasteiger partial charge is 0.328 e. The first-order chi connectivity index (χ1) is 11.9. The molecular weight excluding hydrogens is 331 g/mol. The van der Waals surface area contributed by atoms with Gasteiger partial charge in [-0.2, -0.15) is 0 Å². The Kier molecular flexibility index (Phi) is 5.96. The van der Waals surface area contributed by atoms with E-state index in [9.17, 15) is 14.0 Å². The second-order valence-electron chi connectivity index (χ2n) is 5.06. The van der Waals surface area contributed by atoms with Gasteiger partial charge in [-0.25, -0.2) is 18.9 Å². The first-order valence-electron chi connectivity index (χ1n) is 7.34. The van der Waals surface area contributed by atoms with Gasteiger partial charge >= 0.3 is 5.97 Å². The molecule has 1 atom stereocenters. The molecule has 1 aromatic heterocycles. The van der Waals surface area contributed by atoms with Crippen LogP contribution in [0, 0.1) is 12.7 Å². The summed E-state index contributed by atoms with van der Waals surface area (Å²) in [6, 6.07) is 4.25. The maximum Gasteiger partial charge on any atom is 0.328 e. The lowest BCUT2D eigenvalue weighted by atomic mass is 10.3. The minimum atomic E-state index is -1.24. The molecule has 0 aliphatic heterocycles.